The summed E-state index contributed by atoms with van der Waals surface area (Å²) in [5.41, 5.74) is 2.50. The number of hydrogen-bond acceptors (Lipinski definition) is 4. The highest BCUT2D eigenvalue weighted by Gasteiger charge is 2.33. The minimum absolute atomic E-state index is 0.00480. The summed E-state index contributed by atoms with van der Waals surface area (Å²) in [6, 6.07) is 11.5. The van der Waals surface area contributed by atoms with Gasteiger partial charge < -0.3 is 9.64 Å². The van der Waals surface area contributed by atoms with Gasteiger partial charge in [-0.05, 0) is 55.3 Å². The molecule has 0 saturated carbocycles. The molecular weight excluding hydrogens is 442 g/mol. The minimum Gasteiger partial charge on any atom is -0.494 e. The maximum atomic E-state index is 15.3. The van der Waals surface area contributed by atoms with Gasteiger partial charge in [0, 0.05) is 24.3 Å². The van der Waals surface area contributed by atoms with E-state index in [0.29, 0.717) is 23.1 Å². The highest BCUT2D eigenvalue weighted by atomic mass is 32.2. The van der Waals surface area contributed by atoms with Gasteiger partial charge in [-0.15, -0.1) is 11.8 Å². The van der Waals surface area contributed by atoms with Gasteiger partial charge in [-0.1, -0.05) is 30.3 Å². The number of aromatic nitrogens is 1. The first-order chi connectivity index (χ1) is 16.0. The Balaban J connectivity index is 1.72. The van der Waals surface area contributed by atoms with E-state index in [9.17, 15) is 9.18 Å². The predicted molar refractivity (Wildman–Crippen MR) is 127 cm³/mol. The van der Waals surface area contributed by atoms with Crippen molar-refractivity contribution in [2.24, 2.45) is 0 Å². The van der Waals surface area contributed by atoms with E-state index in [2.05, 4.69) is 4.90 Å². The Hall–Kier alpha value is -2.64. The second-order valence-corrected chi connectivity index (χ2v) is 9.68. The van der Waals surface area contributed by atoms with Crippen molar-refractivity contribution in [1.82, 2.24) is 9.47 Å². The van der Waals surface area contributed by atoms with Crippen LogP contribution in [0, 0.1) is 18.6 Å². The summed E-state index contributed by atoms with van der Waals surface area (Å²) in [6.45, 7) is 4.71. The molecule has 0 N–H and O–H groups in total. The first kappa shape index (κ1) is 22.2. The molecule has 0 radical (unpaired) electrons. The molecule has 2 aliphatic rings. The van der Waals surface area contributed by atoms with Crippen molar-refractivity contribution < 1.29 is 13.5 Å². The van der Waals surface area contributed by atoms with E-state index >= 15 is 4.39 Å². The van der Waals surface area contributed by atoms with Crippen molar-refractivity contribution in [1.29, 1.82) is 0 Å². The molecule has 0 amide bonds. The maximum absolute atomic E-state index is 15.3. The number of pyridine rings is 1. The molecule has 1 aromatic heterocycles. The monoisotopic (exact) mass is 468 g/mol. The van der Waals surface area contributed by atoms with Crippen molar-refractivity contribution in [2.75, 3.05) is 32.5 Å². The number of hydrogen-bond donors (Lipinski definition) is 0. The second-order valence-electron chi connectivity index (χ2n) is 8.67. The molecule has 1 unspecified atom stereocenters. The van der Waals surface area contributed by atoms with Crippen LogP contribution in [0.3, 0.4) is 0 Å². The van der Waals surface area contributed by atoms with E-state index < -0.39 is 5.82 Å². The average molecular weight is 469 g/mol. The highest BCUT2D eigenvalue weighted by Crippen LogP contribution is 2.41. The van der Waals surface area contributed by atoms with Gasteiger partial charge >= 0.3 is 0 Å². The van der Waals surface area contributed by atoms with Crippen molar-refractivity contribution >= 4 is 11.8 Å². The molecule has 1 atom stereocenters. The number of rotatable bonds is 6. The van der Waals surface area contributed by atoms with E-state index in [1.54, 1.807) is 42.1 Å². The molecule has 0 spiro atoms. The van der Waals surface area contributed by atoms with Crippen LogP contribution >= 0.6 is 11.8 Å². The molecule has 2 aliphatic heterocycles. The Bertz CT molecular complexity index is 1270. The lowest BCUT2D eigenvalue weighted by atomic mass is 9.94. The van der Waals surface area contributed by atoms with E-state index in [0.717, 1.165) is 36.0 Å². The normalized spacial score (nSPS) is 17.6. The quantitative estimate of drug-likeness (QED) is 0.507. The first-order valence-corrected chi connectivity index (χ1v) is 12.2. The van der Waals surface area contributed by atoms with Crippen molar-refractivity contribution in [3.05, 3.63) is 81.1 Å². The van der Waals surface area contributed by atoms with Crippen LogP contribution in [0.15, 0.2) is 52.3 Å². The number of likely N-dealkylation sites (tertiary alicyclic amines) is 1. The van der Waals surface area contributed by atoms with E-state index in [1.807, 2.05) is 17.6 Å². The Morgan fingerprint density at radius 3 is 2.61 bits per heavy atom. The number of halogens is 2. The number of methoxy groups -OCH3 is 1. The molecule has 2 aromatic carbocycles. The Labute approximate surface area is 196 Å². The molecule has 3 heterocycles. The summed E-state index contributed by atoms with van der Waals surface area (Å²) in [4.78, 5) is 16.2. The van der Waals surface area contributed by atoms with Gasteiger partial charge in [0.1, 0.15) is 5.82 Å². The van der Waals surface area contributed by atoms with Crippen LogP contribution in [0.4, 0.5) is 8.78 Å². The average Bonchev–Trinajstić information content (AvgIpc) is 3.20. The Kier molecular flexibility index (Phi) is 6.01. The summed E-state index contributed by atoms with van der Waals surface area (Å²) >= 11 is 1.64. The molecule has 3 aromatic rings. The van der Waals surface area contributed by atoms with E-state index in [1.165, 1.54) is 19.6 Å². The van der Waals surface area contributed by atoms with E-state index in [4.69, 9.17) is 4.74 Å². The fraction of sp³-hybridized carbons (Fsp3) is 0.346. The van der Waals surface area contributed by atoms with Crippen molar-refractivity contribution in [2.45, 2.75) is 30.8 Å². The molecule has 33 heavy (non-hydrogen) atoms. The molecule has 1 saturated heterocycles. The van der Waals surface area contributed by atoms with Gasteiger partial charge in [0.25, 0.3) is 5.56 Å². The maximum Gasteiger partial charge on any atom is 0.260 e. The number of fused-ring (bicyclic) bond motifs is 1. The third-order valence-corrected chi connectivity index (χ3v) is 7.98. The third-order valence-electron chi connectivity index (χ3n) is 6.71. The number of thioether (sulfide) groups is 1. The molecule has 172 valence electrons. The van der Waals surface area contributed by atoms with Crippen LogP contribution in [-0.4, -0.2) is 42.0 Å². The Morgan fingerprint density at radius 1 is 1.12 bits per heavy atom. The number of benzene rings is 2. The zero-order valence-corrected chi connectivity index (χ0v) is 19.6. The SMILES string of the molecule is COc1cccc(-c2c(C)c(Cc3ccccc3F)c3n(c2=O)C(CN2CCC2)CS3)c1F. The largest absolute Gasteiger partial charge is 0.494 e. The van der Waals surface area contributed by atoms with E-state index in [-0.39, 0.29) is 28.7 Å². The van der Waals surface area contributed by atoms with Crippen LogP contribution in [0.5, 0.6) is 5.75 Å². The van der Waals surface area contributed by atoms with Gasteiger partial charge in [0.15, 0.2) is 11.6 Å². The van der Waals surface area contributed by atoms with Crippen LogP contribution < -0.4 is 10.3 Å². The molecule has 0 bridgehead atoms. The topological polar surface area (TPSA) is 34.5 Å². The van der Waals surface area contributed by atoms with Crippen molar-refractivity contribution in [3.8, 4) is 16.9 Å². The van der Waals surface area contributed by atoms with Gasteiger partial charge in [0.05, 0.1) is 23.7 Å². The highest BCUT2D eigenvalue weighted by molar-refractivity contribution is 7.99. The summed E-state index contributed by atoms with van der Waals surface area (Å²) in [6.07, 6.45) is 1.52. The van der Waals surface area contributed by atoms with Crippen molar-refractivity contribution in [3.63, 3.8) is 0 Å². The Morgan fingerprint density at radius 2 is 1.91 bits per heavy atom. The summed E-state index contributed by atoms with van der Waals surface area (Å²) in [5.74, 6) is 0.0389. The lowest BCUT2D eigenvalue weighted by molar-refractivity contribution is 0.157. The van der Waals surface area contributed by atoms with Gasteiger partial charge in [-0.2, -0.15) is 0 Å². The molecule has 4 nitrogen and oxygen atoms in total. The van der Waals surface area contributed by atoms with Gasteiger partial charge in [-0.3, -0.25) is 9.36 Å². The molecule has 1 fully saturated rings. The first-order valence-electron chi connectivity index (χ1n) is 11.2. The van der Waals surface area contributed by atoms with Gasteiger partial charge in [-0.25, -0.2) is 8.78 Å². The summed E-state index contributed by atoms with van der Waals surface area (Å²) in [7, 11) is 1.41. The molecule has 7 heteroatoms. The third kappa shape index (κ3) is 3.87. The van der Waals surface area contributed by atoms with Gasteiger partial charge in [0.2, 0.25) is 0 Å². The fourth-order valence-corrected chi connectivity index (χ4v) is 6.16. The zero-order valence-electron chi connectivity index (χ0n) is 18.7. The zero-order chi connectivity index (χ0) is 23.1. The second kappa shape index (κ2) is 8.95. The molecular formula is C26H26F2N2O2S. The number of nitrogens with zero attached hydrogens (tertiary/aromatic N) is 2. The summed E-state index contributed by atoms with van der Waals surface area (Å²) < 4.78 is 36.9. The number of ether oxygens (including phenoxy) is 1. The predicted octanol–water partition coefficient (Wildman–Crippen LogP) is 5.05. The van der Waals surface area contributed by atoms with Crippen LogP contribution in [0.1, 0.15) is 29.2 Å². The van der Waals surface area contributed by atoms with Crippen LogP contribution in [0.25, 0.3) is 11.1 Å². The smallest absolute Gasteiger partial charge is 0.260 e. The summed E-state index contributed by atoms with van der Waals surface area (Å²) in [5, 5.41) is 0.873. The fourth-order valence-electron chi connectivity index (χ4n) is 4.78. The van der Waals surface area contributed by atoms with Crippen LogP contribution in [-0.2, 0) is 6.42 Å². The molecule has 0 aliphatic carbocycles. The minimum atomic E-state index is -0.553. The molecule has 5 rings (SSSR count). The lowest BCUT2D eigenvalue weighted by Crippen LogP contribution is -2.42. The standard InChI is InChI=1S/C26H26F2N2O2S/c1-16-20(13-17-7-3-4-9-21(17)27)26-30(18(15-33-26)14-29-11-6-12-29)25(31)23(16)19-8-5-10-22(32-2)24(19)28/h3-5,7-10,18H,6,11-15H2,1-2H3. The lowest BCUT2D eigenvalue weighted by Gasteiger charge is -2.33. The van der Waals surface area contributed by atoms with Crippen LogP contribution in [0.2, 0.25) is 0 Å².